The Balaban J connectivity index is 2.46. The number of anilines is 1. The second-order valence-corrected chi connectivity index (χ2v) is 6.59. The van der Waals surface area contributed by atoms with Crippen LogP contribution in [0.15, 0.2) is 0 Å². The standard InChI is InChI=1S/C12H18IN3/c1-12(2,3)9-8(13)10(14)16-11(15-9)7-5-4-6-7/h7H,4-6H2,1-3H3,(H2,14,15,16). The summed E-state index contributed by atoms with van der Waals surface area (Å²) in [5.41, 5.74) is 7.10. The average molecular weight is 331 g/mol. The summed E-state index contributed by atoms with van der Waals surface area (Å²) in [4.78, 5) is 9.16. The fraction of sp³-hybridized carbons (Fsp3) is 0.667. The van der Waals surface area contributed by atoms with Crippen LogP contribution in [0.25, 0.3) is 0 Å². The van der Waals surface area contributed by atoms with Crippen molar-refractivity contribution in [1.29, 1.82) is 0 Å². The summed E-state index contributed by atoms with van der Waals surface area (Å²) in [6.45, 7) is 6.50. The van der Waals surface area contributed by atoms with E-state index in [1.165, 1.54) is 19.3 Å². The molecule has 4 heteroatoms. The Labute approximate surface area is 110 Å². The second kappa shape index (κ2) is 4.13. The molecule has 1 fully saturated rings. The molecule has 2 N–H and O–H groups in total. The Hall–Kier alpha value is -0.390. The average Bonchev–Trinajstić information content (AvgIpc) is 2.05. The third-order valence-electron chi connectivity index (χ3n) is 3.07. The van der Waals surface area contributed by atoms with Crippen LogP contribution < -0.4 is 5.73 Å². The van der Waals surface area contributed by atoms with E-state index < -0.39 is 0 Å². The maximum Gasteiger partial charge on any atom is 0.140 e. The molecule has 88 valence electrons. The number of aromatic nitrogens is 2. The number of halogens is 1. The van der Waals surface area contributed by atoms with Crippen molar-refractivity contribution in [3.8, 4) is 0 Å². The summed E-state index contributed by atoms with van der Waals surface area (Å²) in [5, 5.41) is 0. The molecular formula is C12H18IN3. The Morgan fingerprint density at radius 3 is 2.31 bits per heavy atom. The zero-order chi connectivity index (χ0) is 11.9. The van der Waals surface area contributed by atoms with Gasteiger partial charge in [-0.3, -0.25) is 0 Å². The fourth-order valence-corrected chi connectivity index (χ4v) is 2.88. The lowest BCUT2D eigenvalue weighted by atomic mass is 9.84. The molecule has 0 radical (unpaired) electrons. The fourth-order valence-electron chi connectivity index (χ4n) is 1.83. The Bertz CT molecular complexity index is 405. The number of nitrogens with zero attached hydrogens (tertiary/aromatic N) is 2. The molecule has 1 heterocycles. The Kier molecular flexibility index (Phi) is 3.11. The molecule has 2 rings (SSSR count). The molecule has 0 saturated heterocycles. The van der Waals surface area contributed by atoms with Crippen LogP contribution in [0.3, 0.4) is 0 Å². The summed E-state index contributed by atoms with van der Waals surface area (Å²) in [6, 6.07) is 0. The first kappa shape index (κ1) is 12.1. The van der Waals surface area contributed by atoms with E-state index in [0.717, 1.165) is 15.1 Å². The van der Waals surface area contributed by atoms with Crippen molar-refractivity contribution in [2.75, 3.05) is 5.73 Å². The molecule has 0 spiro atoms. The molecule has 0 unspecified atom stereocenters. The molecule has 0 bridgehead atoms. The van der Waals surface area contributed by atoms with Gasteiger partial charge in [0.2, 0.25) is 0 Å². The highest BCUT2D eigenvalue weighted by Gasteiger charge is 2.27. The third-order valence-corrected chi connectivity index (χ3v) is 4.14. The quantitative estimate of drug-likeness (QED) is 0.804. The van der Waals surface area contributed by atoms with Crippen molar-refractivity contribution in [3.63, 3.8) is 0 Å². The molecule has 0 atom stereocenters. The number of rotatable bonds is 1. The lowest BCUT2D eigenvalue weighted by Crippen LogP contribution is -2.22. The Morgan fingerprint density at radius 1 is 1.25 bits per heavy atom. The monoisotopic (exact) mass is 331 g/mol. The van der Waals surface area contributed by atoms with Gasteiger partial charge in [0.1, 0.15) is 11.6 Å². The van der Waals surface area contributed by atoms with E-state index in [9.17, 15) is 0 Å². The van der Waals surface area contributed by atoms with Gasteiger partial charge in [-0.05, 0) is 35.4 Å². The number of nitrogens with two attached hydrogens (primary N) is 1. The number of hydrogen-bond donors (Lipinski definition) is 1. The normalized spacial score (nSPS) is 17.2. The zero-order valence-electron chi connectivity index (χ0n) is 10.0. The minimum absolute atomic E-state index is 0.0338. The molecule has 0 aromatic carbocycles. The van der Waals surface area contributed by atoms with E-state index in [1.54, 1.807) is 0 Å². The second-order valence-electron chi connectivity index (χ2n) is 5.51. The van der Waals surface area contributed by atoms with Crippen LogP contribution in [-0.2, 0) is 5.41 Å². The molecule has 1 aliphatic rings. The SMILES string of the molecule is CC(C)(C)c1nc(C2CCC2)nc(N)c1I. The lowest BCUT2D eigenvalue weighted by molar-refractivity contribution is 0.397. The van der Waals surface area contributed by atoms with Gasteiger partial charge in [-0.25, -0.2) is 9.97 Å². The largest absolute Gasteiger partial charge is 0.383 e. The summed E-state index contributed by atoms with van der Waals surface area (Å²) in [5.74, 6) is 2.14. The first-order chi connectivity index (χ1) is 7.39. The van der Waals surface area contributed by atoms with Gasteiger partial charge in [-0.15, -0.1) is 0 Å². The molecule has 1 saturated carbocycles. The van der Waals surface area contributed by atoms with Crippen molar-refractivity contribution >= 4 is 28.4 Å². The zero-order valence-corrected chi connectivity index (χ0v) is 12.2. The van der Waals surface area contributed by atoms with E-state index in [4.69, 9.17) is 10.7 Å². The van der Waals surface area contributed by atoms with Crippen LogP contribution in [-0.4, -0.2) is 9.97 Å². The molecular weight excluding hydrogens is 313 g/mol. The van der Waals surface area contributed by atoms with Crippen molar-refractivity contribution in [1.82, 2.24) is 9.97 Å². The maximum atomic E-state index is 5.98. The van der Waals surface area contributed by atoms with Gasteiger partial charge in [0.25, 0.3) is 0 Å². The lowest BCUT2D eigenvalue weighted by Gasteiger charge is -2.27. The minimum atomic E-state index is 0.0338. The highest BCUT2D eigenvalue weighted by atomic mass is 127. The van der Waals surface area contributed by atoms with Gasteiger partial charge >= 0.3 is 0 Å². The minimum Gasteiger partial charge on any atom is -0.383 e. The first-order valence-electron chi connectivity index (χ1n) is 5.73. The van der Waals surface area contributed by atoms with Crippen LogP contribution >= 0.6 is 22.6 Å². The molecule has 1 aliphatic carbocycles. The first-order valence-corrected chi connectivity index (χ1v) is 6.81. The molecule has 16 heavy (non-hydrogen) atoms. The van der Waals surface area contributed by atoms with Gasteiger partial charge in [-0.2, -0.15) is 0 Å². The summed E-state index contributed by atoms with van der Waals surface area (Å²) >= 11 is 2.25. The number of hydrogen-bond acceptors (Lipinski definition) is 3. The van der Waals surface area contributed by atoms with E-state index in [-0.39, 0.29) is 5.41 Å². The molecule has 3 nitrogen and oxygen atoms in total. The summed E-state index contributed by atoms with van der Waals surface area (Å²) in [7, 11) is 0. The smallest absolute Gasteiger partial charge is 0.140 e. The Morgan fingerprint density at radius 2 is 1.88 bits per heavy atom. The highest BCUT2D eigenvalue weighted by Crippen LogP contribution is 2.37. The van der Waals surface area contributed by atoms with Gasteiger partial charge in [0.15, 0.2) is 0 Å². The number of nitrogen functional groups attached to an aromatic ring is 1. The van der Waals surface area contributed by atoms with E-state index >= 15 is 0 Å². The molecule has 1 aromatic heterocycles. The predicted octanol–water partition coefficient (Wildman–Crippen LogP) is 3.23. The van der Waals surface area contributed by atoms with Gasteiger partial charge < -0.3 is 5.73 Å². The van der Waals surface area contributed by atoms with Crippen LogP contribution in [0.1, 0.15) is 57.5 Å². The highest BCUT2D eigenvalue weighted by molar-refractivity contribution is 14.1. The van der Waals surface area contributed by atoms with Crippen LogP contribution in [0.4, 0.5) is 5.82 Å². The van der Waals surface area contributed by atoms with Crippen molar-refractivity contribution < 1.29 is 0 Å². The summed E-state index contributed by atoms with van der Waals surface area (Å²) < 4.78 is 1.01. The van der Waals surface area contributed by atoms with Crippen LogP contribution in [0.2, 0.25) is 0 Å². The topological polar surface area (TPSA) is 51.8 Å². The van der Waals surface area contributed by atoms with Gasteiger partial charge in [-0.1, -0.05) is 27.2 Å². The van der Waals surface area contributed by atoms with E-state index in [2.05, 4.69) is 48.3 Å². The molecule has 1 aromatic rings. The van der Waals surface area contributed by atoms with E-state index in [1.807, 2.05) is 0 Å². The van der Waals surface area contributed by atoms with Gasteiger partial charge in [0.05, 0.1) is 9.26 Å². The van der Waals surface area contributed by atoms with Crippen molar-refractivity contribution in [2.45, 2.75) is 51.4 Å². The van der Waals surface area contributed by atoms with Crippen LogP contribution in [0, 0.1) is 3.57 Å². The van der Waals surface area contributed by atoms with E-state index in [0.29, 0.717) is 11.7 Å². The maximum absolute atomic E-state index is 5.98. The molecule has 0 aliphatic heterocycles. The van der Waals surface area contributed by atoms with Crippen LogP contribution in [0.5, 0.6) is 0 Å². The third kappa shape index (κ3) is 2.17. The molecule has 0 amide bonds. The van der Waals surface area contributed by atoms with Crippen molar-refractivity contribution in [2.24, 2.45) is 0 Å². The predicted molar refractivity (Wildman–Crippen MR) is 74.5 cm³/mol. The summed E-state index contributed by atoms with van der Waals surface area (Å²) in [6.07, 6.45) is 3.72. The van der Waals surface area contributed by atoms with Gasteiger partial charge in [0, 0.05) is 11.3 Å². The van der Waals surface area contributed by atoms with Crippen molar-refractivity contribution in [3.05, 3.63) is 15.1 Å².